The summed E-state index contributed by atoms with van der Waals surface area (Å²) in [4.78, 5) is 11.1. The molecule has 1 aromatic rings. The Balaban J connectivity index is 3.02. The SMILES string of the molecule is N#Cc1cc([N+](=O)[O-])c[se]1. The normalized spacial score (nSPS) is 8.70. The van der Waals surface area contributed by atoms with Crippen LogP contribution in [0, 0.1) is 21.4 Å². The zero-order valence-electron chi connectivity index (χ0n) is 4.77. The van der Waals surface area contributed by atoms with Crippen molar-refractivity contribution in [2.75, 3.05) is 0 Å². The van der Waals surface area contributed by atoms with Gasteiger partial charge in [0.2, 0.25) is 0 Å². The fourth-order valence-corrected chi connectivity index (χ4v) is 1.83. The molecule has 0 amide bonds. The van der Waals surface area contributed by atoms with E-state index in [1.807, 2.05) is 6.07 Å². The Hall–Kier alpha value is -1.11. The van der Waals surface area contributed by atoms with Crippen LogP contribution < -0.4 is 0 Å². The standard InChI is InChI=1S/C5H2N2O2Se/c6-2-5-1-4(3-10-5)7(8)9/h1,3H. The summed E-state index contributed by atoms with van der Waals surface area (Å²) >= 11 is -0.114. The van der Waals surface area contributed by atoms with Crippen molar-refractivity contribution in [3.63, 3.8) is 0 Å². The van der Waals surface area contributed by atoms with Crippen LogP contribution in [-0.2, 0) is 0 Å². The first-order valence-electron chi connectivity index (χ1n) is 2.37. The fraction of sp³-hybridized carbons (Fsp3) is 0. The van der Waals surface area contributed by atoms with Crippen molar-refractivity contribution in [1.29, 1.82) is 5.26 Å². The van der Waals surface area contributed by atoms with E-state index in [0.29, 0.717) is 4.44 Å². The van der Waals surface area contributed by atoms with Gasteiger partial charge < -0.3 is 0 Å². The summed E-state index contributed by atoms with van der Waals surface area (Å²) in [5.41, 5.74) is 0.0524. The second-order valence-electron chi connectivity index (χ2n) is 1.54. The average Bonchev–Trinajstić information content (AvgIpc) is 2.34. The number of hydrogen-bond acceptors (Lipinski definition) is 3. The van der Waals surface area contributed by atoms with Gasteiger partial charge in [0.1, 0.15) is 0 Å². The van der Waals surface area contributed by atoms with E-state index in [2.05, 4.69) is 0 Å². The van der Waals surface area contributed by atoms with Gasteiger partial charge in [-0.1, -0.05) is 0 Å². The van der Waals surface area contributed by atoms with Gasteiger partial charge in [-0.2, -0.15) is 0 Å². The minimum atomic E-state index is -0.480. The predicted octanol–water partition coefficient (Wildman–Crippen LogP) is 0.523. The molecule has 0 fully saturated rings. The molecule has 50 valence electrons. The van der Waals surface area contributed by atoms with E-state index in [0.717, 1.165) is 0 Å². The number of nitrogens with zero attached hydrogens (tertiary/aromatic N) is 2. The maximum absolute atomic E-state index is 10.1. The number of nitro groups is 1. The van der Waals surface area contributed by atoms with Crippen LogP contribution >= 0.6 is 0 Å². The molecule has 0 saturated carbocycles. The van der Waals surface area contributed by atoms with Crippen molar-refractivity contribution < 1.29 is 4.92 Å². The molecular formula is C5H2N2O2Se. The maximum atomic E-state index is 10.1. The molecule has 0 saturated heterocycles. The van der Waals surface area contributed by atoms with E-state index in [-0.39, 0.29) is 20.2 Å². The molecule has 0 spiro atoms. The Morgan fingerprint density at radius 3 is 2.80 bits per heavy atom. The molecule has 0 aliphatic carbocycles. The fourth-order valence-electron chi connectivity index (χ4n) is 0.481. The number of nitriles is 1. The van der Waals surface area contributed by atoms with E-state index in [1.54, 1.807) is 0 Å². The van der Waals surface area contributed by atoms with Crippen LogP contribution in [0.15, 0.2) is 11.0 Å². The van der Waals surface area contributed by atoms with Crippen molar-refractivity contribution in [3.05, 3.63) is 25.6 Å². The molecule has 0 N–H and O–H groups in total. The van der Waals surface area contributed by atoms with Crippen molar-refractivity contribution >= 4 is 20.2 Å². The van der Waals surface area contributed by atoms with Crippen LogP contribution in [0.5, 0.6) is 0 Å². The van der Waals surface area contributed by atoms with Gasteiger partial charge in [0.15, 0.2) is 0 Å². The topological polar surface area (TPSA) is 66.9 Å². The van der Waals surface area contributed by atoms with Crippen LogP contribution in [0.1, 0.15) is 4.44 Å². The molecule has 0 aliphatic heterocycles. The summed E-state index contributed by atoms with van der Waals surface area (Å²) in [6.07, 6.45) is 0. The first-order valence-corrected chi connectivity index (χ1v) is 4.21. The molecule has 0 bridgehead atoms. The Morgan fingerprint density at radius 2 is 2.50 bits per heavy atom. The van der Waals surface area contributed by atoms with Gasteiger partial charge in [0.05, 0.1) is 0 Å². The number of rotatable bonds is 1. The van der Waals surface area contributed by atoms with Crippen molar-refractivity contribution in [2.24, 2.45) is 0 Å². The molecule has 0 aromatic carbocycles. The predicted molar refractivity (Wildman–Crippen MR) is 34.8 cm³/mol. The Labute approximate surface area is 62.6 Å². The van der Waals surface area contributed by atoms with Gasteiger partial charge in [-0.15, -0.1) is 0 Å². The third-order valence-electron chi connectivity index (χ3n) is 0.907. The van der Waals surface area contributed by atoms with Crippen LogP contribution in [0.3, 0.4) is 0 Å². The third-order valence-corrected chi connectivity index (χ3v) is 2.63. The average molecular weight is 201 g/mol. The summed E-state index contributed by atoms with van der Waals surface area (Å²) < 4.78 is 0.513. The third kappa shape index (κ3) is 1.24. The van der Waals surface area contributed by atoms with Gasteiger partial charge in [-0.25, -0.2) is 0 Å². The first kappa shape index (κ1) is 7.00. The summed E-state index contributed by atoms with van der Waals surface area (Å²) in [5.74, 6) is 0. The Bertz CT molecular complexity index is 299. The van der Waals surface area contributed by atoms with E-state index in [9.17, 15) is 10.1 Å². The Kier molecular flexibility index (Phi) is 1.85. The molecule has 0 atom stereocenters. The summed E-state index contributed by atoms with van der Waals surface area (Å²) in [7, 11) is 0. The van der Waals surface area contributed by atoms with Crippen LogP contribution in [0.25, 0.3) is 0 Å². The van der Waals surface area contributed by atoms with E-state index in [4.69, 9.17) is 5.26 Å². The monoisotopic (exact) mass is 202 g/mol. The zero-order chi connectivity index (χ0) is 7.56. The molecular weight excluding hydrogens is 199 g/mol. The molecule has 10 heavy (non-hydrogen) atoms. The summed E-state index contributed by atoms with van der Waals surface area (Å²) in [6.45, 7) is 0. The second kappa shape index (κ2) is 2.65. The molecule has 0 aliphatic rings. The molecule has 1 aromatic heterocycles. The van der Waals surface area contributed by atoms with Crippen molar-refractivity contribution in [1.82, 2.24) is 0 Å². The molecule has 0 unspecified atom stereocenters. The van der Waals surface area contributed by atoms with E-state index < -0.39 is 4.92 Å². The summed E-state index contributed by atoms with van der Waals surface area (Å²) in [6, 6.07) is 3.20. The van der Waals surface area contributed by atoms with Gasteiger partial charge in [0, 0.05) is 0 Å². The van der Waals surface area contributed by atoms with Crippen LogP contribution in [0.4, 0.5) is 5.69 Å². The van der Waals surface area contributed by atoms with Crippen molar-refractivity contribution in [3.8, 4) is 6.07 Å². The molecule has 1 heterocycles. The van der Waals surface area contributed by atoms with Crippen LogP contribution in [-0.4, -0.2) is 19.4 Å². The van der Waals surface area contributed by atoms with Gasteiger partial charge in [-0.3, -0.25) is 0 Å². The zero-order valence-corrected chi connectivity index (χ0v) is 6.49. The molecule has 0 radical (unpaired) electrons. The first-order chi connectivity index (χ1) is 4.74. The quantitative estimate of drug-likeness (QED) is 0.378. The van der Waals surface area contributed by atoms with Crippen LogP contribution in [0.2, 0.25) is 0 Å². The molecule has 5 heteroatoms. The van der Waals surface area contributed by atoms with Gasteiger partial charge in [0.25, 0.3) is 0 Å². The molecule has 4 nitrogen and oxygen atoms in total. The summed E-state index contributed by atoms with van der Waals surface area (Å²) in [5, 5.41) is 18.4. The van der Waals surface area contributed by atoms with E-state index in [1.165, 1.54) is 11.0 Å². The van der Waals surface area contributed by atoms with Gasteiger partial charge >= 0.3 is 62.0 Å². The Morgan fingerprint density at radius 1 is 1.80 bits per heavy atom. The van der Waals surface area contributed by atoms with Gasteiger partial charge in [-0.05, 0) is 0 Å². The van der Waals surface area contributed by atoms with Crippen molar-refractivity contribution in [2.45, 2.75) is 0 Å². The molecule has 1 rings (SSSR count). The minimum absolute atomic E-state index is 0.0524. The number of hydrogen-bond donors (Lipinski definition) is 0. The van der Waals surface area contributed by atoms with E-state index >= 15 is 0 Å². The second-order valence-corrected chi connectivity index (χ2v) is 3.45.